The number of rotatable bonds is 1. The van der Waals surface area contributed by atoms with Crippen LogP contribution in [0.4, 0.5) is 5.82 Å². The molecule has 1 rings (SSSR count). The first kappa shape index (κ1) is 10.6. The van der Waals surface area contributed by atoms with Gasteiger partial charge in [0.25, 0.3) is 0 Å². The van der Waals surface area contributed by atoms with E-state index in [1.54, 1.807) is 4.68 Å². The number of hydrogen-bond donors (Lipinski definition) is 1. The van der Waals surface area contributed by atoms with Crippen LogP contribution in [0.3, 0.4) is 0 Å². The molecule has 0 aliphatic heterocycles. The van der Waals surface area contributed by atoms with Gasteiger partial charge >= 0.3 is 0 Å². The predicted molar refractivity (Wildman–Crippen MR) is 56.0 cm³/mol. The molecule has 0 spiro atoms. The molecule has 1 aromatic heterocycles. The van der Waals surface area contributed by atoms with Crippen molar-refractivity contribution in [2.24, 2.45) is 7.05 Å². The van der Waals surface area contributed by atoms with Crippen LogP contribution in [-0.4, -0.2) is 15.3 Å². The lowest BCUT2D eigenvalue weighted by Gasteiger charge is -2.22. The first-order chi connectivity index (χ1) is 6.35. The number of anilines is 1. The Morgan fingerprint density at radius 2 is 2.00 bits per heavy atom. The standard InChI is InChI=1S/C10H16N4/c1-7-8(6-11)9(14(5)13-7)12-10(2,3)4/h12H,1-5H3. The van der Waals surface area contributed by atoms with Crippen LogP contribution in [0, 0.1) is 18.3 Å². The fourth-order valence-electron chi connectivity index (χ4n) is 1.29. The van der Waals surface area contributed by atoms with Gasteiger partial charge in [0.05, 0.1) is 5.69 Å². The third-order valence-electron chi connectivity index (χ3n) is 1.83. The van der Waals surface area contributed by atoms with E-state index >= 15 is 0 Å². The molecule has 0 unspecified atom stereocenters. The molecule has 0 aromatic carbocycles. The molecule has 0 fully saturated rings. The summed E-state index contributed by atoms with van der Waals surface area (Å²) < 4.78 is 1.71. The maximum absolute atomic E-state index is 8.97. The van der Waals surface area contributed by atoms with E-state index in [1.165, 1.54) is 0 Å². The predicted octanol–water partition coefficient (Wildman–Crippen LogP) is 1.81. The third kappa shape index (κ3) is 2.05. The SMILES string of the molecule is Cc1nn(C)c(NC(C)(C)C)c1C#N. The van der Waals surface area contributed by atoms with E-state index in [0.29, 0.717) is 5.56 Å². The number of nitrogens with one attached hydrogen (secondary N) is 1. The van der Waals surface area contributed by atoms with Crippen molar-refractivity contribution in [1.29, 1.82) is 5.26 Å². The van der Waals surface area contributed by atoms with Crippen LogP contribution in [0.2, 0.25) is 0 Å². The summed E-state index contributed by atoms with van der Waals surface area (Å²) in [6.45, 7) is 8.00. The van der Waals surface area contributed by atoms with E-state index in [-0.39, 0.29) is 5.54 Å². The van der Waals surface area contributed by atoms with Crippen molar-refractivity contribution in [2.45, 2.75) is 33.2 Å². The zero-order chi connectivity index (χ0) is 10.9. The lowest BCUT2D eigenvalue weighted by Crippen LogP contribution is -2.27. The topological polar surface area (TPSA) is 53.6 Å². The molecule has 0 saturated heterocycles. The van der Waals surface area contributed by atoms with Crippen molar-refractivity contribution in [3.63, 3.8) is 0 Å². The van der Waals surface area contributed by atoms with Crippen LogP contribution in [0.15, 0.2) is 0 Å². The van der Waals surface area contributed by atoms with Gasteiger partial charge in [-0.15, -0.1) is 0 Å². The number of hydrogen-bond acceptors (Lipinski definition) is 3. The molecule has 76 valence electrons. The summed E-state index contributed by atoms with van der Waals surface area (Å²) in [7, 11) is 1.84. The molecule has 0 aliphatic rings. The largest absolute Gasteiger partial charge is 0.365 e. The molecular weight excluding hydrogens is 176 g/mol. The number of aryl methyl sites for hydroxylation is 2. The van der Waals surface area contributed by atoms with Crippen LogP contribution in [0.1, 0.15) is 32.0 Å². The molecule has 0 amide bonds. The Labute approximate surface area is 84.5 Å². The minimum absolute atomic E-state index is 0.0637. The molecule has 0 radical (unpaired) electrons. The summed E-state index contributed by atoms with van der Waals surface area (Å²) in [5.41, 5.74) is 1.33. The van der Waals surface area contributed by atoms with Crippen molar-refractivity contribution in [3.8, 4) is 6.07 Å². The fraction of sp³-hybridized carbons (Fsp3) is 0.600. The van der Waals surface area contributed by atoms with Crippen LogP contribution in [0.25, 0.3) is 0 Å². The highest BCUT2D eigenvalue weighted by Crippen LogP contribution is 2.20. The second-order valence-corrected chi connectivity index (χ2v) is 4.42. The lowest BCUT2D eigenvalue weighted by molar-refractivity contribution is 0.616. The zero-order valence-corrected chi connectivity index (χ0v) is 9.34. The summed E-state index contributed by atoms with van der Waals surface area (Å²) in [5.74, 6) is 0.789. The molecule has 1 aromatic rings. The van der Waals surface area contributed by atoms with Gasteiger partial charge in [0.1, 0.15) is 17.5 Å². The maximum Gasteiger partial charge on any atom is 0.142 e. The Morgan fingerprint density at radius 1 is 1.43 bits per heavy atom. The van der Waals surface area contributed by atoms with Gasteiger partial charge in [-0.3, -0.25) is 4.68 Å². The smallest absolute Gasteiger partial charge is 0.142 e. The van der Waals surface area contributed by atoms with Gasteiger partial charge in [0.2, 0.25) is 0 Å². The van der Waals surface area contributed by atoms with E-state index in [2.05, 4.69) is 37.3 Å². The lowest BCUT2D eigenvalue weighted by atomic mass is 10.1. The zero-order valence-electron chi connectivity index (χ0n) is 9.34. The summed E-state index contributed by atoms with van der Waals surface area (Å²) in [5, 5.41) is 16.4. The van der Waals surface area contributed by atoms with Gasteiger partial charge in [-0.25, -0.2) is 0 Å². The van der Waals surface area contributed by atoms with E-state index < -0.39 is 0 Å². The van der Waals surface area contributed by atoms with Crippen molar-refractivity contribution in [2.75, 3.05) is 5.32 Å². The quantitative estimate of drug-likeness (QED) is 0.738. The molecule has 0 bridgehead atoms. The van der Waals surface area contributed by atoms with Crippen molar-refractivity contribution in [3.05, 3.63) is 11.3 Å². The van der Waals surface area contributed by atoms with Crippen LogP contribution >= 0.6 is 0 Å². The highest BCUT2D eigenvalue weighted by molar-refractivity contribution is 5.56. The fourth-order valence-corrected chi connectivity index (χ4v) is 1.29. The summed E-state index contributed by atoms with van der Waals surface area (Å²) in [6.07, 6.45) is 0. The molecule has 0 saturated carbocycles. The van der Waals surface area contributed by atoms with Gasteiger partial charge in [-0.2, -0.15) is 10.4 Å². The number of nitrogens with zero attached hydrogens (tertiary/aromatic N) is 3. The Hall–Kier alpha value is -1.50. The Balaban J connectivity index is 3.15. The Bertz CT molecular complexity index is 376. The van der Waals surface area contributed by atoms with Gasteiger partial charge in [-0.1, -0.05) is 0 Å². The first-order valence-corrected chi connectivity index (χ1v) is 4.57. The average molecular weight is 192 g/mol. The van der Waals surface area contributed by atoms with Crippen LogP contribution in [0.5, 0.6) is 0 Å². The van der Waals surface area contributed by atoms with Crippen LogP contribution in [-0.2, 0) is 7.05 Å². The molecule has 0 atom stereocenters. The first-order valence-electron chi connectivity index (χ1n) is 4.57. The minimum Gasteiger partial charge on any atom is -0.365 e. The van der Waals surface area contributed by atoms with E-state index in [9.17, 15) is 0 Å². The van der Waals surface area contributed by atoms with E-state index in [0.717, 1.165) is 11.5 Å². The van der Waals surface area contributed by atoms with Gasteiger partial charge < -0.3 is 5.32 Å². The molecule has 4 nitrogen and oxygen atoms in total. The third-order valence-corrected chi connectivity index (χ3v) is 1.83. The van der Waals surface area contributed by atoms with Crippen LogP contribution < -0.4 is 5.32 Å². The Morgan fingerprint density at radius 3 is 2.43 bits per heavy atom. The number of nitriles is 1. The van der Waals surface area contributed by atoms with E-state index in [1.807, 2.05) is 14.0 Å². The summed E-state index contributed by atoms with van der Waals surface area (Å²) in [4.78, 5) is 0. The minimum atomic E-state index is -0.0637. The summed E-state index contributed by atoms with van der Waals surface area (Å²) in [6, 6.07) is 2.16. The van der Waals surface area contributed by atoms with Crippen molar-refractivity contribution in [1.82, 2.24) is 9.78 Å². The van der Waals surface area contributed by atoms with Gasteiger partial charge in [0, 0.05) is 12.6 Å². The van der Waals surface area contributed by atoms with Gasteiger partial charge in [0.15, 0.2) is 0 Å². The van der Waals surface area contributed by atoms with Gasteiger partial charge in [-0.05, 0) is 27.7 Å². The van der Waals surface area contributed by atoms with E-state index in [4.69, 9.17) is 5.26 Å². The molecule has 4 heteroatoms. The monoisotopic (exact) mass is 192 g/mol. The molecule has 14 heavy (non-hydrogen) atoms. The highest BCUT2D eigenvalue weighted by atomic mass is 15.3. The molecule has 1 N–H and O–H groups in total. The molecular formula is C10H16N4. The van der Waals surface area contributed by atoms with Crippen molar-refractivity contribution < 1.29 is 0 Å². The summed E-state index contributed by atoms with van der Waals surface area (Å²) >= 11 is 0. The Kier molecular flexibility index (Phi) is 2.52. The molecule has 1 heterocycles. The molecule has 0 aliphatic carbocycles. The second kappa shape index (κ2) is 3.33. The maximum atomic E-state index is 8.97. The number of aromatic nitrogens is 2. The second-order valence-electron chi connectivity index (χ2n) is 4.42. The normalized spacial score (nSPS) is 11.1. The van der Waals surface area contributed by atoms with Crippen molar-refractivity contribution >= 4 is 5.82 Å². The average Bonchev–Trinajstić information content (AvgIpc) is 2.24. The highest BCUT2D eigenvalue weighted by Gasteiger charge is 2.17.